The quantitative estimate of drug-likeness (QED) is 0.848. The average molecular weight is 291 g/mol. The van der Waals surface area contributed by atoms with Crippen molar-refractivity contribution in [2.24, 2.45) is 11.1 Å². The van der Waals surface area contributed by atoms with Crippen molar-refractivity contribution in [1.82, 2.24) is 0 Å². The lowest BCUT2D eigenvalue weighted by Gasteiger charge is -2.34. The lowest BCUT2D eigenvalue weighted by molar-refractivity contribution is -0.00576. The van der Waals surface area contributed by atoms with Crippen LogP contribution < -0.4 is 5.73 Å². The highest BCUT2D eigenvalue weighted by Crippen LogP contribution is 2.36. The third kappa shape index (κ3) is 4.03. The molecule has 0 saturated heterocycles. The van der Waals surface area contributed by atoms with E-state index in [2.05, 4.69) is 26.8 Å². The first-order valence-electron chi connectivity index (χ1n) is 7.38. The Kier molecular flexibility index (Phi) is 4.82. The van der Waals surface area contributed by atoms with E-state index in [0.717, 1.165) is 5.56 Å². The number of ether oxygens (including phenoxy) is 1. The molecular weight excluding hydrogens is 266 g/mol. The monoisotopic (exact) mass is 291 g/mol. The van der Waals surface area contributed by atoms with Gasteiger partial charge < -0.3 is 10.5 Å². The molecule has 0 radical (unpaired) electrons. The number of thiocarbonyl (C=S) groups is 1. The molecule has 1 aromatic carbocycles. The second-order valence-electron chi connectivity index (χ2n) is 6.68. The van der Waals surface area contributed by atoms with Gasteiger partial charge in [0.15, 0.2) is 0 Å². The minimum Gasteiger partial charge on any atom is -0.389 e. The predicted octanol–water partition coefficient (Wildman–Crippen LogP) is 4.11. The largest absolute Gasteiger partial charge is 0.389 e. The SMILES string of the molecule is Cc1cc(C(N)=S)ccc1COC1CCC(C)(C)CC1. The van der Waals surface area contributed by atoms with E-state index in [0.29, 0.717) is 23.1 Å². The zero-order valence-corrected chi connectivity index (χ0v) is 13.6. The van der Waals surface area contributed by atoms with Gasteiger partial charge in [0.1, 0.15) is 4.99 Å². The van der Waals surface area contributed by atoms with Gasteiger partial charge in [-0.1, -0.05) is 38.2 Å². The Bertz CT molecular complexity index is 486. The van der Waals surface area contributed by atoms with Crippen LogP contribution in [0.2, 0.25) is 0 Å². The summed E-state index contributed by atoms with van der Waals surface area (Å²) in [6, 6.07) is 6.11. The number of hydrogen-bond donors (Lipinski definition) is 1. The zero-order chi connectivity index (χ0) is 14.8. The fourth-order valence-corrected chi connectivity index (χ4v) is 2.89. The molecule has 0 spiro atoms. The van der Waals surface area contributed by atoms with E-state index in [9.17, 15) is 0 Å². The predicted molar refractivity (Wildman–Crippen MR) is 87.9 cm³/mol. The average Bonchev–Trinajstić information content (AvgIpc) is 2.38. The number of nitrogens with two attached hydrogens (primary N) is 1. The minimum absolute atomic E-state index is 0.415. The van der Waals surface area contributed by atoms with E-state index in [1.165, 1.54) is 36.8 Å². The number of aryl methyl sites for hydroxylation is 1. The Labute approximate surface area is 127 Å². The van der Waals surface area contributed by atoms with Crippen molar-refractivity contribution in [2.45, 2.75) is 59.2 Å². The summed E-state index contributed by atoms with van der Waals surface area (Å²) in [5, 5.41) is 0. The zero-order valence-electron chi connectivity index (χ0n) is 12.7. The maximum atomic E-state index is 6.08. The van der Waals surface area contributed by atoms with Crippen LogP contribution in [0.4, 0.5) is 0 Å². The van der Waals surface area contributed by atoms with Crippen LogP contribution >= 0.6 is 12.2 Å². The summed E-state index contributed by atoms with van der Waals surface area (Å²) in [5.74, 6) is 0. The second kappa shape index (κ2) is 6.23. The summed E-state index contributed by atoms with van der Waals surface area (Å²) >= 11 is 5.00. The molecule has 0 atom stereocenters. The molecule has 2 rings (SSSR count). The molecule has 1 aliphatic rings. The van der Waals surface area contributed by atoms with Crippen molar-refractivity contribution in [3.05, 3.63) is 34.9 Å². The standard InChI is InChI=1S/C17H25NOS/c1-12-10-13(16(18)20)4-5-14(12)11-19-15-6-8-17(2,3)9-7-15/h4-5,10,15H,6-9,11H2,1-3H3,(H2,18,20). The van der Waals surface area contributed by atoms with E-state index in [4.69, 9.17) is 22.7 Å². The molecule has 2 N–H and O–H groups in total. The van der Waals surface area contributed by atoms with Gasteiger partial charge in [0.25, 0.3) is 0 Å². The molecule has 1 aliphatic carbocycles. The number of hydrogen-bond acceptors (Lipinski definition) is 2. The maximum Gasteiger partial charge on any atom is 0.103 e. The van der Waals surface area contributed by atoms with Gasteiger partial charge in [-0.15, -0.1) is 0 Å². The summed E-state index contributed by atoms with van der Waals surface area (Å²) in [6.45, 7) is 7.47. The molecule has 20 heavy (non-hydrogen) atoms. The van der Waals surface area contributed by atoms with Gasteiger partial charge in [-0.25, -0.2) is 0 Å². The molecule has 1 aromatic rings. The molecule has 0 bridgehead atoms. The van der Waals surface area contributed by atoms with Crippen LogP contribution in [0, 0.1) is 12.3 Å². The Balaban J connectivity index is 1.90. The van der Waals surface area contributed by atoms with Crippen molar-refractivity contribution >= 4 is 17.2 Å². The molecule has 3 heteroatoms. The molecule has 0 aromatic heterocycles. The van der Waals surface area contributed by atoms with E-state index in [-0.39, 0.29) is 0 Å². The highest BCUT2D eigenvalue weighted by atomic mass is 32.1. The summed E-state index contributed by atoms with van der Waals surface area (Å²) < 4.78 is 6.08. The Morgan fingerprint density at radius 2 is 2.00 bits per heavy atom. The van der Waals surface area contributed by atoms with Gasteiger partial charge in [0.05, 0.1) is 12.7 Å². The van der Waals surface area contributed by atoms with Crippen LogP contribution in [0.3, 0.4) is 0 Å². The molecule has 0 unspecified atom stereocenters. The third-order valence-corrected chi connectivity index (χ3v) is 4.62. The first kappa shape index (κ1) is 15.5. The smallest absolute Gasteiger partial charge is 0.103 e. The van der Waals surface area contributed by atoms with Gasteiger partial charge in [-0.3, -0.25) is 0 Å². The van der Waals surface area contributed by atoms with E-state index in [1.54, 1.807) is 0 Å². The topological polar surface area (TPSA) is 35.2 Å². The van der Waals surface area contributed by atoms with Gasteiger partial charge in [0.2, 0.25) is 0 Å². The molecule has 1 saturated carbocycles. The first-order chi connectivity index (χ1) is 9.37. The van der Waals surface area contributed by atoms with Crippen LogP contribution in [-0.2, 0) is 11.3 Å². The molecular formula is C17H25NOS. The molecule has 110 valence electrons. The van der Waals surface area contributed by atoms with Crippen molar-refractivity contribution in [1.29, 1.82) is 0 Å². The fourth-order valence-electron chi connectivity index (χ4n) is 2.76. The second-order valence-corrected chi connectivity index (χ2v) is 7.12. The van der Waals surface area contributed by atoms with Crippen molar-refractivity contribution in [3.63, 3.8) is 0 Å². The van der Waals surface area contributed by atoms with Crippen LogP contribution in [0.15, 0.2) is 18.2 Å². The van der Waals surface area contributed by atoms with E-state index < -0.39 is 0 Å². The summed E-state index contributed by atoms with van der Waals surface area (Å²) in [6.07, 6.45) is 5.29. The van der Waals surface area contributed by atoms with Crippen molar-refractivity contribution in [2.75, 3.05) is 0 Å². The van der Waals surface area contributed by atoms with Crippen molar-refractivity contribution < 1.29 is 4.74 Å². The Morgan fingerprint density at radius 3 is 2.55 bits per heavy atom. The van der Waals surface area contributed by atoms with Crippen LogP contribution in [0.5, 0.6) is 0 Å². The Morgan fingerprint density at radius 1 is 1.35 bits per heavy atom. The van der Waals surface area contributed by atoms with E-state index in [1.807, 2.05) is 12.1 Å². The molecule has 0 aliphatic heterocycles. The van der Waals surface area contributed by atoms with Crippen molar-refractivity contribution in [3.8, 4) is 0 Å². The summed E-state index contributed by atoms with van der Waals surface area (Å²) in [4.78, 5) is 0.454. The lowest BCUT2D eigenvalue weighted by atomic mass is 9.76. The molecule has 1 fully saturated rings. The Hall–Kier alpha value is -0.930. The normalized spacial score (nSPS) is 18.9. The lowest BCUT2D eigenvalue weighted by Crippen LogP contribution is -2.26. The molecule has 0 amide bonds. The van der Waals surface area contributed by atoms with Crippen LogP contribution in [-0.4, -0.2) is 11.1 Å². The third-order valence-electron chi connectivity index (χ3n) is 4.39. The minimum atomic E-state index is 0.415. The fraction of sp³-hybridized carbons (Fsp3) is 0.588. The van der Waals surface area contributed by atoms with Gasteiger partial charge in [0, 0.05) is 5.56 Å². The number of benzene rings is 1. The van der Waals surface area contributed by atoms with Crippen LogP contribution in [0.25, 0.3) is 0 Å². The summed E-state index contributed by atoms with van der Waals surface area (Å²) in [5.41, 5.74) is 9.51. The highest BCUT2D eigenvalue weighted by molar-refractivity contribution is 7.80. The van der Waals surface area contributed by atoms with Crippen LogP contribution in [0.1, 0.15) is 56.2 Å². The molecule has 2 nitrogen and oxygen atoms in total. The maximum absolute atomic E-state index is 6.08. The number of rotatable bonds is 4. The first-order valence-corrected chi connectivity index (χ1v) is 7.79. The molecule has 0 heterocycles. The van der Waals surface area contributed by atoms with Gasteiger partial charge in [-0.2, -0.15) is 0 Å². The summed E-state index contributed by atoms with van der Waals surface area (Å²) in [7, 11) is 0. The van der Waals surface area contributed by atoms with Gasteiger partial charge in [-0.05, 0) is 55.2 Å². The highest BCUT2D eigenvalue weighted by Gasteiger charge is 2.27. The van der Waals surface area contributed by atoms with Gasteiger partial charge >= 0.3 is 0 Å². The van der Waals surface area contributed by atoms with E-state index >= 15 is 0 Å².